The van der Waals surface area contributed by atoms with Crippen LogP contribution in [0.15, 0.2) is 24.3 Å². The molecule has 0 aliphatic heterocycles. The first kappa shape index (κ1) is 16.2. The highest BCUT2D eigenvalue weighted by atomic mass is 35.5. The van der Waals surface area contributed by atoms with Gasteiger partial charge >= 0.3 is 10.2 Å². The molecule has 1 aromatic carbocycles. The van der Waals surface area contributed by atoms with Gasteiger partial charge < -0.3 is 5.32 Å². The van der Waals surface area contributed by atoms with Crippen LogP contribution in [0.2, 0.25) is 5.02 Å². The topological polar surface area (TPSA) is 61.4 Å². The highest BCUT2D eigenvalue weighted by Gasteiger charge is 2.16. The summed E-state index contributed by atoms with van der Waals surface area (Å²) in [5, 5.41) is 3.73. The third kappa shape index (κ3) is 5.78. The summed E-state index contributed by atoms with van der Waals surface area (Å²) in [4.78, 5) is 0. The van der Waals surface area contributed by atoms with Crippen molar-refractivity contribution in [2.45, 2.75) is 13.3 Å². The molecule has 0 saturated heterocycles. The zero-order valence-electron chi connectivity index (χ0n) is 11.2. The third-order valence-electron chi connectivity index (χ3n) is 2.58. The van der Waals surface area contributed by atoms with Gasteiger partial charge in [0.15, 0.2) is 0 Å². The van der Waals surface area contributed by atoms with Crippen molar-refractivity contribution in [2.75, 3.05) is 31.4 Å². The summed E-state index contributed by atoms with van der Waals surface area (Å²) in [7, 11) is -1.94. The van der Waals surface area contributed by atoms with Crippen molar-refractivity contribution in [3.63, 3.8) is 0 Å². The number of halogens is 1. The van der Waals surface area contributed by atoms with Gasteiger partial charge in [0.2, 0.25) is 0 Å². The maximum Gasteiger partial charge on any atom is 0.301 e. The molecule has 0 aliphatic carbocycles. The molecule has 1 aromatic rings. The molecule has 19 heavy (non-hydrogen) atoms. The van der Waals surface area contributed by atoms with Crippen molar-refractivity contribution in [2.24, 2.45) is 0 Å². The Labute approximate surface area is 120 Å². The predicted molar refractivity (Wildman–Crippen MR) is 79.8 cm³/mol. The lowest BCUT2D eigenvalue weighted by Crippen LogP contribution is -2.34. The molecular weight excluding hydrogens is 286 g/mol. The number of rotatable bonds is 8. The maximum absolute atomic E-state index is 12.0. The highest BCUT2D eigenvalue weighted by Crippen LogP contribution is 2.15. The van der Waals surface area contributed by atoms with E-state index in [1.165, 1.54) is 4.31 Å². The predicted octanol–water partition coefficient (Wildman–Crippen LogP) is 1.93. The quantitative estimate of drug-likeness (QED) is 0.721. The fourth-order valence-electron chi connectivity index (χ4n) is 1.47. The summed E-state index contributed by atoms with van der Waals surface area (Å²) in [5.41, 5.74) is 0.503. The highest BCUT2D eigenvalue weighted by molar-refractivity contribution is 7.90. The second-order valence-corrected chi connectivity index (χ2v) is 6.36. The van der Waals surface area contributed by atoms with Crippen molar-refractivity contribution >= 4 is 27.5 Å². The molecule has 0 unspecified atom stereocenters. The maximum atomic E-state index is 12.0. The van der Waals surface area contributed by atoms with Crippen molar-refractivity contribution in [1.82, 2.24) is 9.62 Å². The number of anilines is 1. The van der Waals surface area contributed by atoms with Crippen LogP contribution in [0.1, 0.15) is 13.3 Å². The Morgan fingerprint density at radius 2 is 1.89 bits per heavy atom. The van der Waals surface area contributed by atoms with Gasteiger partial charge in [0.1, 0.15) is 0 Å². The Kier molecular flexibility index (Phi) is 6.57. The fraction of sp³-hybridized carbons (Fsp3) is 0.500. The lowest BCUT2D eigenvalue weighted by atomic mass is 10.3. The van der Waals surface area contributed by atoms with E-state index in [-0.39, 0.29) is 0 Å². The van der Waals surface area contributed by atoms with E-state index >= 15 is 0 Å². The molecule has 2 N–H and O–H groups in total. The van der Waals surface area contributed by atoms with Gasteiger partial charge in [0.25, 0.3) is 0 Å². The normalized spacial score (nSPS) is 11.8. The van der Waals surface area contributed by atoms with Crippen molar-refractivity contribution in [3.05, 3.63) is 29.3 Å². The fourth-order valence-corrected chi connectivity index (χ4v) is 2.55. The Morgan fingerprint density at radius 3 is 2.47 bits per heavy atom. The Bertz CT molecular complexity index is 476. The summed E-state index contributed by atoms with van der Waals surface area (Å²) < 4.78 is 27.8. The van der Waals surface area contributed by atoms with E-state index in [4.69, 9.17) is 11.6 Å². The van der Waals surface area contributed by atoms with Crippen LogP contribution in [0.3, 0.4) is 0 Å². The van der Waals surface area contributed by atoms with Crippen LogP contribution in [0.5, 0.6) is 0 Å². The molecule has 0 bridgehead atoms. The molecule has 7 heteroatoms. The lowest BCUT2D eigenvalue weighted by Gasteiger charge is -2.18. The van der Waals surface area contributed by atoms with E-state index in [1.54, 1.807) is 31.3 Å². The van der Waals surface area contributed by atoms with Crippen LogP contribution in [0.4, 0.5) is 5.69 Å². The average Bonchev–Trinajstić information content (AvgIpc) is 2.37. The largest absolute Gasteiger partial charge is 0.317 e. The monoisotopic (exact) mass is 305 g/mol. The summed E-state index contributed by atoms with van der Waals surface area (Å²) in [6.45, 7) is 4.18. The van der Waals surface area contributed by atoms with Gasteiger partial charge in [-0.2, -0.15) is 12.7 Å². The van der Waals surface area contributed by atoms with E-state index in [1.807, 2.05) is 6.92 Å². The molecule has 0 saturated carbocycles. The van der Waals surface area contributed by atoms with Gasteiger partial charge in [-0.25, -0.2) is 0 Å². The van der Waals surface area contributed by atoms with Crippen LogP contribution >= 0.6 is 11.6 Å². The zero-order valence-corrected chi connectivity index (χ0v) is 12.8. The Hall–Kier alpha value is -0.820. The molecule has 0 fully saturated rings. The second-order valence-electron chi connectivity index (χ2n) is 4.14. The molecule has 0 aromatic heterocycles. The minimum Gasteiger partial charge on any atom is -0.317 e. The van der Waals surface area contributed by atoms with E-state index in [2.05, 4.69) is 10.0 Å². The smallest absolute Gasteiger partial charge is 0.301 e. The average molecular weight is 306 g/mol. The van der Waals surface area contributed by atoms with Gasteiger partial charge in [0.05, 0.1) is 0 Å². The summed E-state index contributed by atoms with van der Waals surface area (Å²) in [6, 6.07) is 6.55. The first-order valence-electron chi connectivity index (χ1n) is 6.16. The number of benzene rings is 1. The van der Waals surface area contributed by atoms with E-state index < -0.39 is 10.2 Å². The van der Waals surface area contributed by atoms with Gasteiger partial charge in [-0.1, -0.05) is 18.5 Å². The van der Waals surface area contributed by atoms with Crippen molar-refractivity contribution in [3.8, 4) is 0 Å². The van der Waals surface area contributed by atoms with Crippen LogP contribution < -0.4 is 10.0 Å². The lowest BCUT2D eigenvalue weighted by molar-refractivity contribution is 0.459. The van der Waals surface area contributed by atoms with Crippen LogP contribution in [-0.4, -0.2) is 39.4 Å². The third-order valence-corrected chi connectivity index (χ3v) is 4.33. The van der Waals surface area contributed by atoms with E-state index in [0.717, 1.165) is 19.5 Å². The molecule has 108 valence electrons. The molecule has 0 aliphatic rings. The number of nitrogens with zero attached hydrogens (tertiary/aromatic N) is 1. The van der Waals surface area contributed by atoms with Crippen LogP contribution in [0, 0.1) is 0 Å². The number of nitrogens with one attached hydrogen (secondary N) is 2. The molecule has 0 amide bonds. The van der Waals surface area contributed by atoms with Gasteiger partial charge in [-0.3, -0.25) is 4.72 Å². The van der Waals surface area contributed by atoms with E-state index in [0.29, 0.717) is 17.3 Å². The SMILES string of the molecule is CCNCCCN(C)S(=O)(=O)Nc1ccc(Cl)cc1. The molecule has 5 nitrogen and oxygen atoms in total. The standard InChI is InChI=1S/C12H20ClN3O2S/c1-3-14-9-4-10-16(2)19(17,18)15-12-7-5-11(13)6-8-12/h5-8,14-15H,3-4,9-10H2,1-2H3. The molecule has 0 heterocycles. The van der Waals surface area contributed by atoms with Gasteiger partial charge in [-0.05, 0) is 43.8 Å². The minimum atomic E-state index is -3.50. The van der Waals surface area contributed by atoms with E-state index in [9.17, 15) is 8.42 Å². The van der Waals surface area contributed by atoms with Crippen LogP contribution in [-0.2, 0) is 10.2 Å². The molecule has 0 atom stereocenters. The molecular formula is C12H20ClN3O2S. The zero-order chi connectivity index (χ0) is 14.3. The Balaban J connectivity index is 2.52. The first-order chi connectivity index (χ1) is 8.95. The number of hydrogen-bond acceptors (Lipinski definition) is 3. The summed E-state index contributed by atoms with van der Waals surface area (Å²) in [5.74, 6) is 0. The first-order valence-corrected chi connectivity index (χ1v) is 7.98. The van der Waals surface area contributed by atoms with Gasteiger partial charge in [0, 0.05) is 24.3 Å². The molecule has 0 spiro atoms. The minimum absolute atomic E-state index is 0.468. The number of hydrogen-bond donors (Lipinski definition) is 2. The Morgan fingerprint density at radius 1 is 1.26 bits per heavy atom. The summed E-state index contributed by atoms with van der Waals surface area (Å²) >= 11 is 5.75. The second kappa shape index (κ2) is 7.69. The van der Waals surface area contributed by atoms with Gasteiger partial charge in [-0.15, -0.1) is 0 Å². The van der Waals surface area contributed by atoms with Crippen molar-refractivity contribution in [1.29, 1.82) is 0 Å². The summed E-state index contributed by atoms with van der Waals surface area (Å²) in [6.07, 6.45) is 0.770. The molecule has 1 rings (SSSR count). The van der Waals surface area contributed by atoms with Crippen LogP contribution in [0.25, 0.3) is 0 Å². The molecule has 0 radical (unpaired) electrons. The van der Waals surface area contributed by atoms with Crippen molar-refractivity contribution < 1.29 is 8.42 Å².